The third kappa shape index (κ3) is 5.79. The minimum atomic E-state index is -3.49. The molecule has 200 valence electrons. The van der Waals surface area contributed by atoms with Gasteiger partial charge >= 0.3 is 0 Å². The van der Waals surface area contributed by atoms with Gasteiger partial charge in [-0.3, -0.25) is 14.0 Å². The van der Waals surface area contributed by atoms with Crippen LogP contribution in [0.25, 0.3) is 0 Å². The van der Waals surface area contributed by atoms with E-state index >= 15 is 0 Å². The number of rotatable bonds is 7. The fraction of sp³-hybridized carbons (Fsp3) is 0.345. The number of hydrogen-bond donors (Lipinski definition) is 0. The number of benzene rings is 3. The lowest BCUT2D eigenvalue weighted by Crippen LogP contribution is -2.48. The molecular weight excluding hydrogens is 502 g/mol. The van der Waals surface area contributed by atoms with E-state index in [0.29, 0.717) is 24.3 Å². The number of carbonyl (C=O) groups is 1. The Balaban J connectivity index is 1.20. The Labute approximate surface area is 224 Å². The number of ether oxygens (including phenoxy) is 2. The van der Waals surface area contributed by atoms with Crippen molar-refractivity contribution in [2.75, 3.05) is 43.5 Å². The van der Waals surface area contributed by atoms with E-state index < -0.39 is 10.0 Å². The Morgan fingerprint density at radius 1 is 0.868 bits per heavy atom. The molecule has 1 saturated heterocycles. The number of anilines is 1. The molecule has 0 N–H and O–H groups in total. The minimum Gasteiger partial charge on any atom is -0.454 e. The maximum absolute atomic E-state index is 13.2. The molecule has 3 aromatic rings. The minimum absolute atomic E-state index is 0.00576. The number of fused-ring (bicyclic) bond motifs is 1. The molecular formula is C29H33N3O5S. The fourth-order valence-electron chi connectivity index (χ4n) is 4.88. The van der Waals surface area contributed by atoms with Gasteiger partial charge in [-0.25, -0.2) is 8.42 Å². The normalized spacial score (nSPS) is 15.5. The van der Waals surface area contributed by atoms with Gasteiger partial charge in [0.25, 0.3) is 5.91 Å². The van der Waals surface area contributed by atoms with Crippen molar-refractivity contribution < 1.29 is 22.7 Å². The molecule has 0 radical (unpaired) electrons. The molecule has 1 amide bonds. The molecule has 8 nitrogen and oxygen atoms in total. The highest BCUT2D eigenvalue weighted by Gasteiger charge is 2.24. The summed E-state index contributed by atoms with van der Waals surface area (Å²) in [5.74, 6) is 1.56. The molecule has 38 heavy (non-hydrogen) atoms. The molecule has 0 saturated carbocycles. The van der Waals surface area contributed by atoms with Crippen LogP contribution in [-0.4, -0.2) is 63.4 Å². The lowest BCUT2D eigenvalue weighted by Gasteiger charge is -2.34. The van der Waals surface area contributed by atoms with Crippen molar-refractivity contribution in [3.05, 3.63) is 88.5 Å². The molecule has 0 aliphatic carbocycles. The highest BCUT2D eigenvalue weighted by Crippen LogP contribution is 2.33. The van der Waals surface area contributed by atoms with Crippen LogP contribution in [-0.2, 0) is 23.1 Å². The van der Waals surface area contributed by atoms with Crippen molar-refractivity contribution in [2.45, 2.75) is 26.9 Å². The average molecular weight is 536 g/mol. The second kappa shape index (κ2) is 10.7. The second-order valence-corrected chi connectivity index (χ2v) is 11.9. The third-order valence-corrected chi connectivity index (χ3v) is 8.19. The summed E-state index contributed by atoms with van der Waals surface area (Å²) in [7, 11) is -3.49. The van der Waals surface area contributed by atoms with Crippen LogP contribution in [0.3, 0.4) is 0 Å². The van der Waals surface area contributed by atoms with Crippen LogP contribution >= 0.6 is 0 Å². The second-order valence-electron chi connectivity index (χ2n) is 10.0. The fourth-order valence-corrected chi connectivity index (χ4v) is 5.81. The summed E-state index contributed by atoms with van der Waals surface area (Å²) < 4.78 is 37.5. The largest absolute Gasteiger partial charge is 0.454 e. The standard InChI is InChI=1S/C29H33N3O5S/c1-21-4-5-22(2)26(16-21)32(38(3,34)35)19-23-6-9-25(10-7-23)29(33)31-14-12-30(13-15-31)18-24-8-11-27-28(17-24)37-20-36-27/h4-11,16-17H,12-15,18-20H2,1-3H3. The zero-order chi connectivity index (χ0) is 26.9. The first-order valence-electron chi connectivity index (χ1n) is 12.7. The zero-order valence-corrected chi connectivity index (χ0v) is 22.8. The van der Waals surface area contributed by atoms with Crippen molar-refractivity contribution in [2.24, 2.45) is 0 Å². The molecule has 2 heterocycles. The maximum atomic E-state index is 13.2. The number of hydrogen-bond acceptors (Lipinski definition) is 6. The van der Waals surface area contributed by atoms with Crippen molar-refractivity contribution in [3.63, 3.8) is 0 Å². The summed E-state index contributed by atoms with van der Waals surface area (Å²) in [6, 6.07) is 19.1. The summed E-state index contributed by atoms with van der Waals surface area (Å²) in [5.41, 5.74) is 5.15. The van der Waals surface area contributed by atoms with Gasteiger partial charge in [0, 0.05) is 38.3 Å². The highest BCUT2D eigenvalue weighted by atomic mass is 32.2. The third-order valence-electron chi connectivity index (χ3n) is 7.06. The summed E-state index contributed by atoms with van der Waals surface area (Å²) in [5, 5.41) is 0. The monoisotopic (exact) mass is 535 g/mol. The van der Waals surface area contributed by atoms with E-state index in [2.05, 4.69) is 11.0 Å². The smallest absolute Gasteiger partial charge is 0.253 e. The summed E-state index contributed by atoms with van der Waals surface area (Å²) in [6.45, 7) is 8.00. The first kappa shape index (κ1) is 26.1. The Morgan fingerprint density at radius 2 is 1.55 bits per heavy atom. The van der Waals surface area contributed by atoms with E-state index in [1.807, 2.05) is 61.2 Å². The average Bonchev–Trinajstić information content (AvgIpc) is 3.37. The van der Waals surface area contributed by atoms with Gasteiger partial charge in [0.05, 0.1) is 18.5 Å². The van der Waals surface area contributed by atoms with Crippen LogP contribution in [0, 0.1) is 13.8 Å². The van der Waals surface area contributed by atoms with E-state index in [1.165, 1.54) is 10.6 Å². The molecule has 0 aromatic heterocycles. The molecule has 0 spiro atoms. The van der Waals surface area contributed by atoms with Gasteiger partial charge in [-0.2, -0.15) is 0 Å². The quantitative estimate of drug-likeness (QED) is 0.456. The van der Waals surface area contributed by atoms with Gasteiger partial charge in [0.15, 0.2) is 11.5 Å². The number of sulfonamides is 1. The summed E-state index contributed by atoms with van der Waals surface area (Å²) in [4.78, 5) is 17.4. The summed E-state index contributed by atoms with van der Waals surface area (Å²) in [6.07, 6.45) is 1.22. The topological polar surface area (TPSA) is 79.4 Å². The van der Waals surface area contributed by atoms with Crippen molar-refractivity contribution in [3.8, 4) is 11.5 Å². The van der Waals surface area contributed by atoms with Crippen molar-refractivity contribution in [1.82, 2.24) is 9.80 Å². The van der Waals surface area contributed by atoms with Gasteiger partial charge < -0.3 is 14.4 Å². The van der Waals surface area contributed by atoms with Crippen molar-refractivity contribution in [1.29, 1.82) is 0 Å². The number of carbonyl (C=O) groups excluding carboxylic acids is 1. The van der Waals surface area contributed by atoms with Crippen LogP contribution < -0.4 is 13.8 Å². The Hall–Kier alpha value is -3.56. The molecule has 9 heteroatoms. The van der Waals surface area contributed by atoms with E-state index in [0.717, 1.165) is 53.4 Å². The first-order chi connectivity index (χ1) is 18.2. The molecule has 3 aromatic carbocycles. The lowest BCUT2D eigenvalue weighted by atomic mass is 10.1. The Morgan fingerprint density at radius 3 is 2.26 bits per heavy atom. The Kier molecular flexibility index (Phi) is 7.32. The van der Waals surface area contributed by atoms with E-state index in [1.54, 1.807) is 12.1 Å². The maximum Gasteiger partial charge on any atom is 0.253 e. The van der Waals surface area contributed by atoms with Gasteiger partial charge in [-0.15, -0.1) is 0 Å². The van der Waals surface area contributed by atoms with Gasteiger partial charge in [-0.1, -0.05) is 30.3 Å². The molecule has 0 unspecified atom stereocenters. The van der Waals surface area contributed by atoms with Crippen LogP contribution in [0.15, 0.2) is 60.7 Å². The number of piperazine rings is 1. The molecule has 2 aliphatic rings. The Bertz CT molecular complexity index is 1430. The van der Waals surface area contributed by atoms with Crippen LogP contribution in [0.4, 0.5) is 5.69 Å². The van der Waals surface area contributed by atoms with E-state index in [-0.39, 0.29) is 19.2 Å². The molecule has 0 bridgehead atoms. The summed E-state index contributed by atoms with van der Waals surface area (Å²) >= 11 is 0. The number of aryl methyl sites for hydroxylation is 2. The number of amides is 1. The molecule has 0 atom stereocenters. The molecule has 1 fully saturated rings. The van der Waals surface area contributed by atoms with Crippen LogP contribution in [0.1, 0.15) is 32.6 Å². The van der Waals surface area contributed by atoms with Gasteiger partial charge in [-0.05, 0) is 66.4 Å². The van der Waals surface area contributed by atoms with E-state index in [4.69, 9.17) is 9.47 Å². The highest BCUT2D eigenvalue weighted by molar-refractivity contribution is 7.92. The van der Waals surface area contributed by atoms with Crippen LogP contribution in [0.5, 0.6) is 11.5 Å². The van der Waals surface area contributed by atoms with Gasteiger partial charge in [0.2, 0.25) is 16.8 Å². The first-order valence-corrected chi connectivity index (χ1v) is 14.6. The number of nitrogens with zero attached hydrogens (tertiary/aromatic N) is 3. The predicted molar refractivity (Wildman–Crippen MR) is 147 cm³/mol. The zero-order valence-electron chi connectivity index (χ0n) is 22.0. The lowest BCUT2D eigenvalue weighted by molar-refractivity contribution is 0.0628. The van der Waals surface area contributed by atoms with Gasteiger partial charge in [0.1, 0.15) is 0 Å². The molecule has 2 aliphatic heterocycles. The van der Waals surface area contributed by atoms with E-state index in [9.17, 15) is 13.2 Å². The predicted octanol–water partition coefficient (Wildman–Crippen LogP) is 3.96. The SMILES string of the molecule is Cc1ccc(C)c(N(Cc2ccc(C(=O)N3CCN(Cc4ccc5c(c4)OCO5)CC3)cc2)S(C)(=O)=O)c1. The van der Waals surface area contributed by atoms with Crippen molar-refractivity contribution >= 4 is 21.6 Å². The molecule has 5 rings (SSSR count). The van der Waals surface area contributed by atoms with Crippen LogP contribution in [0.2, 0.25) is 0 Å².